The highest BCUT2D eigenvalue weighted by Gasteiger charge is 2.22. The highest BCUT2D eigenvalue weighted by molar-refractivity contribution is 5.92. The lowest BCUT2D eigenvalue weighted by Gasteiger charge is -2.10. The first kappa shape index (κ1) is 14.6. The van der Waals surface area contributed by atoms with Crippen molar-refractivity contribution in [2.24, 2.45) is 0 Å². The summed E-state index contributed by atoms with van der Waals surface area (Å²) in [5.74, 6) is -1.66. The van der Waals surface area contributed by atoms with Gasteiger partial charge in [0.25, 0.3) is 0 Å². The number of halogens is 2. The van der Waals surface area contributed by atoms with E-state index in [-0.39, 0.29) is 17.9 Å². The summed E-state index contributed by atoms with van der Waals surface area (Å²) >= 11 is 0. The maximum atomic E-state index is 13.6. The quantitative estimate of drug-likeness (QED) is 0.808. The summed E-state index contributed by atoms with van der Waals surface area (Å²) in [5.41, 5.74) is 1.18. The second-order valence-corrected chi connectivity index (χ2v) is 5.31. The van der Waals surface area contributed by atoms with Crippen LogP contribution in [-0.2, 0) is 11.2 Å². The molecule has 0 aliphatic carbocycles. The molecule has 5 nitrogen and oxygen atoms in total. The molecule has 3 N–H and O–H groups in total. The van der Waals surface area contributed by atoms with Crippen molar-refractivity contribution in [2.75, 3.05) is 18.4 Å². The van der Waals surface area contributed by atoms with Gasteiger partial charge in [-0.2, -0.15) is 5.10 Å². The van der Waals surface area contributed by atoms with E-state index in [2.05, 4.69) is 20.8 Å². The van der Waals surface area contributed by atoms with E-state index in [9.17, 15) is 13.6 Å². The molecule has 2 heterocycles. The summed E-state index contributed by atoms with van der Waals surface area (Å²) < 4.78 is 27.1. The number of H-pyrrole nitrogens is 1. The Bertz CT molecular complexity index is 660. The fourth-order valence-corrected chi connectivity index (χ4v) is 2.66. The number of carbonyl (C=O) groups is 1. The largest absolute Gasteiger partial charge is 0.323 e. The third-order valence-corrected chi connectivity index (χ3v) is 3.81. The molecule has 116 valence electrons. The molecule has 0 spiro atoms. The van der Waals surface area contributed by atoms with Crippen LogP contribution in [0.15, 0.2) is 24.4 Å². The van der Waals surface area contributed by atoms with Crippen molar-refractivity contribution in [1.82, 2.24) is 15.5 Å². The van der Waals surface area contributed by atoms with Gasteiger partial charge in [-0.25, -0.2) is 8.78 Å². The first-order chi connectivity index (χ1) is 10.6. The van der Waals surface area contributed by atoms with Crippen molar-refractivity contribution in [3.05, 3.63) is 47.3 Å². The van der Waals surface area contributed by atoms with Crippen LogP contribution in [0.1, 0.15) is 23.6 Å². The Labute approximate surface area is 126 Å². The number of nitrogens with zero attached hydrogens (tertiary/aromatic N) is 1. The van der Waals surface area contributed by atoms with E-state index >= 15 is 0 Å². The van der Waals surface area contributed by atoms with Gasteiger partial charge in [0.1, 0.15) is 11.6 Å². The van der Waals surface area contributed by atoms with Gasteiger partial charge in [-0.1, -0.05) is 6.07 Å². The molecule has 0 radical (unpaired) electrons. The molecule has 1 fully saturated rings. The molecule has 1 amide bonds. The molecule has 3 rings (SSSR count). The number of amides is 1. The van der Waals surface area contributed by atoms with Crippen LogP contribution in [0.25, 0.3) is 0 Å². The third kappa shape index (κ3) is 2.99. The molecule has 1 saturated heterocycles. The number of anilines is 1. The van der Waals surface area contributed by atoms with E-state index < -0.39 is 17.5 Å². The molecule has 1 unspecified atom stereocenters. The fraction of sp³-hybridized carbons (Fsp3) is 0.333. The fourth-order valence-electron chi connectivity index (χ4n) is 2.66. The SMILES string of the molecule is O=C(Cc1c(F)cccc1F)Nc1cn[nH]c1C1CCNC1. The Morgan fingerprint density at radius 1 is 1.36 bits per heavy atom. The first-order valence-corrected chi connectivity index (χ1v) is 7.12. The summed E-state index contributed by atoms with van der Waals surface area (Å²) in [5, 5.41) is 12.7. The lowest BCUT2D eigenvalue weighted by Crippen LogP contribution is -2.18. The third-order valence-electron chi connectivity index (χ3n) is 3.81. The zero-order chi connectivity index (χ0) is 15.5. The summed E-state index contributed by atoms with van der Waals surface area (Å²) in [6, 6.07) is 3.55. The topological polar surface area (TPSA) is 69.8 Å². The average Bonchev–Trinajstić information content (AvgIpc) is 3.13. The molecular weight excluding hydrogens is 290 g/mol. The van der Waals surface area contributed by atoms with Crippen LogP contribution in [-0.4, -0.2) is 29.2 Å². The van der Waals surface area contributed by atoms with Gasteiger partial charge < -0.3 is 10.6 Å². The van der Waals surface area contributed by atoms with Crippen LogP contribution in [0.4, 0.5) is 14.5 Å². The highest BCUT2D eigenvalue weighted by Crippen LogP contribution is 2.27. The average molecular weight is 306 g/mol. The van der Waals surface area contributed by atoms with Gasteiger partial charge >= 0.3 is 0 Å². The molecule has 1 aliphatic rings. The Morgan fingerprint density at radius 2 is 2.14 bits per heavy atom. The summed E-state index contributed by atoms with van der Waals surface area (Å²) in [4.78, 5) is 12.0. The number of hydrogen-bond acceptors (Lipinski definition) is 3. The molecule has 1 atom stereocenters. The lowest BCUT2D eigenvalue weighted by atomic mass is 10.0. The monoisotopic (exact) mass is 306 g/mol. The van der Waals surface area contributed by atoms with Gasteiger partial charge in [0.05, 0.1) is 24.0 Å². The van der Waals surface area contributed by atoms with Crippen LogP contribution in [0, 0.1) is 11.6 Å². The number of nitrogens with one attached hydrogen (secondary N) is 3. The molecule has 2 aromatic rings. The van der Waals surface area contributed by atoms with Crippen LogP contribution >= 0.6 is 0 Å². The van der Waals surface area contributed by atoms with Crippen molar-refractivity contribution in [1.29, 1.82) is 0 Å². The lowest BCUT2D eigenvalue weighted by molar-refractivity contribution is -0.115. The minimum atomic E-state index is -0.720. The van der Waals surface area contributed by atoms with Crippen LogP contribution < -0.4 is 10.6 Å². The summed E-state index contributed by atoms with van der Waals surface area (Å²) in [6.07, 6.45) is 2.11. The van der Waals surface area contributed by atoms with E-state index in [4.69, 9.17) is 0 Å². The number of aromatic nitrogens is 2. The number of benzene rings is 1. The summed E-state index contributed by atoms with van der Waals surface area (Å²) in [6.45, 7) is 1.73. The predicted molar refractivity (Wildman–Crippen MR) is 77.5 cm³/mol. The first-order valence-electron chi connectivity index (χ1n) is 7.12. The van der Waals surface area contributed by atoms with Crippen molar-refractivity contribution in [3.63, 3.8) is 0 Å². The van der Waals surface area contributed by atoms with E-state index in [1.807, 2.05) is 0 Å². The molecule has 22 heavy (non-hydrogen) atoms. The van der Waals surface area contributed by atoms with Gasteiger partial charge in [0, 0.05) is 18.0 Å². The smallest absolute Gasteiger partial charge is 0.229 e. The van der Waals surface area contributed by atoms with Gasteiger partial charge in [-0.05, 0) is 25.1 Å². The molecule has 7 heteroatoms. The minimum Gasteiger partial charge on any atom is -0.323 e. The standard InChI is InChI=1S/C15H16F2N4O/c16-11-2-1-3-12(17)10(11)6-14(22)20-13-8-19-21-15(13)9-4-5-18-7-9/h1-3,8-9,18H,4-7H2,(H,19,21)(H,20,22). The van der Waals surface area contributed by atoms with Crippen molar-refractivity contribution in [2.45, 2.75) is 18.8 Å². The Hall–Kier alpha value is -2.28. The molecule has 1 aromatic heterocycles. The van der Waals surface area contributed by atoms with E-state index in [1.165, 1.54) is 12.3 Å². The Kier molecular flexibility index (Phi) is 4.15. The van der Waals surface area contributed by atoms with Crippen LogP contribution in [0.3, 0.4) is 0 Å². The summed E-state index contributed by atoms with van der Waals surface area (Å²) in [7, 11) is 0. The second-order valence-electron chi connectivity index (χ2n) is 5.31. The molecule has 1 aliphatic heterocycles. The zero-order valence-electron chi connectivity index (χ0n) is 11.8. The normalized spacial score (nSPS) is 17.6. The maximum absolute atomic E-state index is 13.6. The van der Waals surface area contributed by atoms with E-state index in [1.54, 1.807) is 0 Å². The number of carbonyl (C=O) groups excluding carboxylic acids is 1. The number of rotatable bonds is 4. The highest BCUT2D eigenvalue weighted by atomic mass is 19.1. The Balaban J connectivity index is 1.71. The molecule has 0 saturated carbocycles. The van der Waals surface area contributed by atoms with Crippen molar-refractivity contribution in [3.8, 4) is 0 Å². The zero-order valence-corrected chi connectivity index (χ0v) is 11.8. The molecular formula is C15H16F2N4O. The van der Waals surface area contributed by atoms with Gasteiger partial charge in [-0.3, -0.25) is 9.89 Å². The van der Waals surface area contributed by atoms with E-state index in [0.717, 1.165) is 37.3 Å². The number of hydrogen-bond donors (Lipinski definition) is 3. The van der Waals surface area contributed by atoms with Crippen LogP contribution in [0.5, 0.6) is 0 Å². The second kappa shape index (κ2) is 6.23. The minimum absolute atomic E-state index is 0.229. The van der Waals surface area contributed by atoms with Crippen molar-refractivity contribution >= 4 is 11.6 Å². The van der Waals surface area contributed by atoms with Gasteiger partial charge in [0.15, 0.2) is 0 Å². The Morgan fingerprint density at radius 3 is 2.82 bits per heavy atom. The molecule has 0 bridgehead atoms. The predicted octanol–water partition coefficient (Wildman–Crippen LogP) is 1.95. The molecule has 1 aromatic carbocycles. The van der Waals surface area contributed by atoms with E-state index in [0.29, 0.717) is 5.69 Å². The maximum Gasteiger partial charge on any atom is 0.229 e. The van der Waals surface area contributed by atoms with Gasteiger partial charge in [-0.15, -0.1) is 0 Å². The number of aromatic amines is 1. The van der Waals surface area contributed by atoms with Gasteiger partial charge in [0.2, 0.25) is 5.91 Å². The van der Waals surface area contributed by atoms with Crippen LogP contribution in [0.2, 0.25) is 0 Å². The van der Waals surface area contributed by atoms with Crippen molar-refractivity contribution < 1.29 is 13.6 Å².